The molecule has 1 aliphatic carbocycles. The highest BCUT2D eigenvalue weighted by atomic mass is 14.7. The molecule has 10 aromatic rings. The second-order valence-corrected chi connectivity index (χ2v) is 15.7. The van der Waals surface area contributed by atoms with Gasteiger partial charge >= 0.3 is 0 Å². The Bertz CT molecular complexity index is 3280. The van der Waals surface area contributed by atoms with E-state index in [1.54, 1.807) is 0 Å². The summed E-state index contributed by atoms with van der Waals surface area (Å²) < 4.78 is 0. The zero-order valence-electron chi connectivity index (χ0n) is 32.3. The molecule has 0 fully saturated rings. The zero-order chi connectivity index (χ0) is 38.2. The highest BCUT2D eigenvalue weighted by molar-refractivity contribution is 6.26. The van der Waals surface area contributed by atoms with Crippen LogP contribution in [0.5, 0.6) is 0 Å². The molecule has 0 radical (unpaired) electrons. The summed E-state index contributed by atoms with van der Waals surface area (Å²) in [5, 5.41) is 12.3. The molecule has 0 aliphatic heterocycles. The molecule has 1 unspecified atom stereocenters. The summed E-state index contributed by atoms with van der Waals surface area (Å²) in [7, 11) is 0. The third-order valence-corrected chi connectivity index (χ3v) is 12.3. The Labute approximate surface area is 332 Å². The van der Waals surface area contributed by atoms with Gasteiger partial charge in [0, 0.05) is 32.7 Å². The molecular formula is C55H40N2. The van der Waals surface area contributed by atoms with Crippen LogP contribution in [0.3, 0.4) is 0 Å². The molecular weight excluding hydrogens is 689 g/mol. The van der Waals surface area contributed by atoms with Crippen LogP contribution in [-0.4, -0.2) is 9.97 Å². The fraction of sp³-hybridized carbons (Fsp3) is 0.0909. The lowest BCUT2D eigenvalue weighted by atomic mass is 9.83. The molecule has 1 aliphatic rings. The molecule has 0 spiro atoms. The Morgan fingerprint density at radius 2 is 0.912 bits per heavy atom. The highest BCUT2D eigenvalue weighted by Crippen LogP contribution is 2.47. The lowest BCUT2D eigenvalue weighted by molar-refractivity contribution is 0.739. The van der Waals surface area contributed by atoms with Gasteiger partial charge in [-0.25, -0.2) is 9.97 Å². The fourth-order valence-corrected chi connectivity index (χ4v) is 9.66. The van der Waals surface area contributed by atoms with Gasteiger partial charge < -0.3 is 0 Å². The predicted octanol–water partition coefficient (Wildman–Crippen LogP) is 15.0. The van der Waals surface area contributed by atoms with Crippen LogP contribution in [0.1, 0.15) is 30.0 Å². The minimum atomic E-state index is 0.554. The average molecular weight is 729 g/mol. The minimum absolute atomic E-state index is 0.554. The van der Waals surface area contributed by atoms with Crippen LogP contribution in [0.2, 0.25) is 0 Å². The van der Waals surface area contributed by atoms with Gasteiger partial charge in [-0.2, -0.15) is 0 Å². The van der Waals surface area contributed by atoms with E-state index in [1.807, 2.05) is 0 Å². The number of fused-ring (bicyclic) bond motifs is 8. The van der Waals surface area contributed by atoms with Crippen molar-refractivity contribution in [1.82, 2.24) is 9.97 Å². The number of rotatable bonds is 4. The van der Waals surface area contributed by atoms with Gasteiger partial charge in [-0.3, -0.25) is 0 Å². The van der Waals surface area contributed by atoms with Gasteiger partial charge in [0.1, 0.15) is 0 Å². The van der Waals surface area contributed by atoms with Gasteiger partial charge in [-0.05, 0) is 104 Å². The molecule has 0 amide bonds. The number of aryl methyl sites for hydroxylation is 2. The Balaban J connectivity index is 1.27. The van der Waals surface area contributed by atoms with Crippen molar-refractivity contribution < 1.29 is 0 Å². The molecule has 0 bridgehead atoms. The maximum absolute atomic E-state index is 5.65. The number of nitrogens with zero attached hydrogens (tertiary/aromatic N) is 2. The summed E-state index contributed by atoms with van der Waals surface area (Å²) >= 11 is 0. The van der Waals surface area contributed by atoms with Crippen LogP contribution < -0.4 is 0 Å². The van der Waals surface area contributed by atoms with Gasteiger partial charge in [-0.1, -0.05) is 165 Å². The SMILES string of the molecule is Cc1c2c(-c3ccccc3)nc3cc(-c4c5ccccc5c(C5=CCC(C)C=C5)c5ccccc45)ccc3c2c(C)c2c(-c3ccccc3)nc3ccccc3c12. The van der Waals surface area contributed by atoms with Gasteiger partial charge in [0.2, 0.25) is 0 Å². The summed E-state index contributed by atoms with van der Waals surface area (Å²) in [5.41, 5.74) is 13.7. The monoisotopic (exact) mass is 728 g/mol. The second kappa shape index (κ2) is 13.1. The first kappa shape index (κ1) is 33.4. The molecule has 0 saturated carbocycles. The van der Waals surface area contributed by atoms with E-state index in [4.69, 9.17) is 9.97 Å². The van der Waals surface area contributed by atoms with E-state index in [-0.39, 0.29) is 0 Å². The van der Waals surface area contributed by atoms with Crippen molar-refractivity contribution in [1.29, 1.82) is 0 Å². The van der Waals surface area contributed by atoms with Crippen LogP contribution in [-0.2, 0) is 0 Å². The van der Waals surface area contributed by atoms with E-state index in [0.29, 0.717) is 5.92 Å². The van der Waals surface area contributed by atoms with E-state index in [2.05, 4.69) is 191 Å². The third kappa shape index (κ3) is 5.17. The summed E-state index contributed by atoms with van der Waals surface area (Å²) in [6, 6.07) is 54.9. The number of aromatic nitrogens is 2. The second-order valence-electron chi connectivity index (χ2n) is 15.7. The first-order valence-corrected chi connectivity index (χ1v) is 20.1. The van der Waals surface area contributed by atoms with Crippen LogP contribution >= 0.6 is 0 Å². The standard InChI is InChI=1S/C55H40N2/c1-33-26-28-36(29-27-33)52-40-20-10-12-22-42(40)53(43-23-13-11-21-41(43)52)39-30-31-45-47(32-39)57-55(38-18-8-5-9-19-38)51-34(2)48-44-24-14-15-25-46(44)56-54(37-16-6-4-7-17-37)50(48)35(3)49(45)51/h4-26,28-33H,27H2,1-3H3. The van der Waals surface area contributed by atoms with Gasteiger partial charge in [0.05, 0.1) is 22.4 Å². The average Bonchev–Trinajstić information content (AvgIpc) is 3.27. The first-order valence-electron chi connectivity index (χ1n) is 20.1. The number of hydrogen-bond acceptors (Lipinski definition) is 2. The number of pyridine rings is 2. The van der Waals surface area contributed by atoms with Crippen LogP contribution in [0, 0.1) is 19.8 Å². The molecule has 0 saturated heterocycles. The van der Waals surface area contributed by atoms with Crippen LogP contribution in [0.25, 0.3) is 104 Å². The Kier molecular flexibility index (Phi) is 7.69. The molecule has 2 heteroatoms. The van der Waals surface area contributed by atoms with Crippen molar-refractivity contribution in [3.05, 3.63) is 187 Å². The smallest absolute Gasteiger partial charge is 0.0791 e. The van der Waals surface area contributed by atoms with Crippen LogP contribution in [0.15, 0.2) is 170 Å². The summed E-state index contributed by atoms with van der Waals surface area (Å²) in [5.74, 6) is 0.554. The normalized spacial score (nSPS) is 14.4. The molecule has 2 aromatic heterocycles. The fourth-order valence-electron chi connectivity index (χ4n) is 9.66. The summed E-state index contributed by atoms with van der Waals surface area (Å²) in [4.78, 5) is 11.0. The van der Waals surface area contributed by atoms with Gasteiger partial charge in [0.25, 0.3) is 0 Å². The molecule has 57 heavy (non-hydrogen) atoms. The minimum Gasteiger partial charge on any atom is -0.247 e. The zero-order valence-corrected chi connectivity index (χ0v) is 32.3. The quantitative estimate of drug-likeness (QED) is 0.133. The lowest BCUT2D eigenvalue weighted by Gasteiger charge is -2.22. The number of hydrogen-bond donors (Lipinski definition) is 0. The van der Waals surface area contributed by atoms with Gasteiger partial charge in [0.15, 0.2) is 0 Å². The largest absolute Gasteiger partial charge is 0.247 e. The van der Waals surface area contributed by atoms with E-state index >= 15 is 0 Å². The summed E-state index contributed by atoms with van der Waals surface area (Å²) in [6.07, 6.45) is 8.15. The molecule has 11 rings (SSSR count). The number of allylic oxidation sites excluding steroid dienone is 4. The Hall–Kier alpha value is -6.90. The van der Waals surface area contributed by atoms with Crippen molar-refractivity contribution in [2.75, 3.05) is 0 Å². The molecule has 8 aromatic carbocycles. The molecule has 2 nitrogen and oxygen atoms in total. The van der Waals surface area contributed by atoms with E-state index in [9.17, 15) is 0 Å². The maximum atomic E-state index is 5.65. The van der Waals surface area contributed by atoms with Crippen molar-refractivity contribution in [2.24, 2.45) is 5.92 Å². The number of benzene rings is 8. The Morgan fingerprint density at radius 1 is 0.439 bits per heavy atom. The maximum Gasteiger partial charge on any atom is 0.0791 e. The van der Waals surface area contributed by atoms with Crippen molar-refractivity contribution in [3.63, 3.8) is 0 Å². The van der Waals surface area contributed by atoms with Gasteiger partial charge in [-0.15, -0.1) is 0 Å². The topological polar surface area (TPSA) is 25.8 Å². The van der Waals surface area contributed by atoms with E-state index in [0.717, 1.165) is 45.4 Å². The Morgan fingerprint density at radius 3 is 1.46 bits per heavy atom. The lowest BCUT2D eigenvalue weighted by Crippen LogP contribution is -2.00. The molecule has 2 heterocycles. The highest BCUT2D eigenvalue weighted by Gasteiger charge is 2.24. The third-order valence-electron chi connectivity index (χ3n) is 12.3. The molecule has 270 valence electrons. The predicted molar refractivity (Wildman–Crippen MR) is 244 cm³/mol. The molecule has 0 N–H and O–H groups in total. The van der Waals surface area contributed by atoms with Crippen molar-refractivity contribution in [3.8, 4) is 33.6 Å². The number of para-hydroxylation sites is 1. The van der Waals surface area contributed by atoms with E-state index < -0.39 is 0 Å². The van der Waals surface area contributed by atoms with Crippen molar-refractivity contribution >= 4 is 70.5 Å². The summed E-state index contributed by atoms with van der Waals surface area (Å²) in [6.45, 7) is 6.87. The van der Waals surface area contributed by atoms with Crippen LogP contribution in [0.4, 0.5) is 0 Å². The van der Waals surface area contributed by atoms with Crippen molar-refractivity contribution in [2.45, 2.75) is 27.2 Å². The first-order chi connectivity index (χ1) is 28.0. The van der Waals surface area contributed by atoms with E-state index in [1.165, 1.54) is 81.9 Å². The molecule has 1 atom stereocenters.